The Morgan fingerprint density at radius 1 is 1.16 bits per heavy atom. The van der Waals surface area contributed by atoms with Crippen LogP contribution in [0.3, 0.4) is 0 Å². The second-order valence-corrected chi connectivity index (χ2v) is 6.51. The predicted octanol–water partition coefficient (Wildman–Crippen LogP) is 4.93. The largest absolute Gasteiger partial charge is 0.237 e. The lowest BCUT2D eigenvalue weighted by Crippen LogP contribution is -2.19. The van der Waals surface area contributed by atoms with Gasteiger partial charge in [-0.3, -0.25) is 0 Å². The first kappa shape index (κ1) is 14.8. The van der Waals surface area contributed by atoms with E-state index in [2.05, 4.69) is 25.8 Å². The van der Waals surface area contributed by atoms with Crippen LogP contribution in [0, 0.1) is 18.8 Å². The lowest BCUT2D eigenvalue weighted by atomic mass is 9.76. The van der Waals surface area contributed by atoms with Crippen LogP contribution in [0.2, 0.25) is 5.15 Å². The minimum Gasteiger partial charge on any atom is -0.237 e. The smallest absolute Gasteiger partial charge is 0.135 e. The maximum Gasteiger partial charge on any atom is 0.135 e. The second-order valence-electron chi connectivity index (χ2n) is 6.15. The summed E-state index contributed by atoms with van der Waals surface area (Å²) in [6.45, 7) is 8.81. The van der Waals surface area contributed by atoms with Crippen molar-refractivity contribution in [1.82, 2.24) is 9.97 Å². The van der Waals surface area contributed by atoms with E-state index < -0.39 is 0 Å². The molecule has 0 aromatic carbocycles. The monoisotopic (exact) mass is 280 g/mol. The lowest BCUT2D eigenvalue weighted by Gasteiger charge is -2.30. The Balaban J connectivity index is 2.13. The molecule has 1 heterocycles. The number of aryl methyl sites for hydroxylation is 1. The fourth-order valence-corrected chi connectivity index (χ4v) is 3.32. The topological polar surface area (TPSA) is 25.8 Å². The summed E-state index contributed by atoms with van der Waals surface area (Å²) in [4.78, 5) is 9.28. The maximum absolute atomic E-state index is 6.24. The molecule has 0 amide bonds. The molecule has 0 unspecified atom stereocenters. The number of rotatable bonds is 3. The molecule has 0 N–H and O–H groups in total. The van der Waals surface area contributed by atoms with E-state index in [0.717, 1.165) is 35.3 Å². The summed E-state index contributed by atoms with van der Waals surface area (Å²) < 4.78 is 0. The first-order valence-corrected chi connectivity index (χ1v) is 7.93. The Labute approximate surface area is 122 Å². The van der Waals surface area contributed by atoms with Crippen molar-refractivity contribution in [3.05, 3.63) is 22.2 Å². The van der Waals surface area contributed by atoms with Gasteiger partial charge in [0.15, 0.2) is 0 Å². The molecule has 0 spiro atoms. The average molecular weight is 281 g/mol. The molecule has 1 saturated carbocycles. The van der Waals surface area contributed by atoms with Crippen molar-refractivity contribution in [2.24, 2.45) is 11.8 Å². The summed E-state index contributed by atoms with van der Waals surface area (Å²) in [5, 5.41) is 0.646. The Bertz CT molecular complexity index is 435. The third-order valence-corrected chi connectivity index (χ3v) is 4.99. The van der Waals surface area contributed by atoms with E-state index in [1.165, 1.54) is 25.7 Å². The fraction of sp³-hybridized carbons (Fsp3) is 0.750. The number of nitrogens with zero attached hydrogens (tertiary/aromatic N) is 2. The third-order valence-electron chi connectivity index (χ3n) is 4.62. The molecule has 1 aliphatic carbocycles. The minimum atomic E-state index is 0.512. The van der Waals surface area contributed by atoms with Gasteiger partial charge in [-0.15, -0.1) is 0 Å². The Kier molecular flexibility index (Phi) is 4.83. The zero-order valence-corrected chi connectivity index (χ0v) is 13.3. The Morgan fingerprint density at radius 2 is 1.79 bits per heavy atom. The SMILES string of the molecule is CCc1nc(C2CCC(C(C)C)CC2)nc(Cl)c1C. The van der Waals surface area contributed by atoms with Gasteiger partial charge in [0.05, 0.1) is 0 Å². The van der Waals surface area contributed by atoms with Gasteiger partial charge in [0.25, 0.3) is 0 Å². The van der Waals surface area contributed by atoms with Gasteiger partial charge < -0.3 is 0 Å². The molecule has 0 radical (unpaired) electrons. The summed E-state index contributed by atoms with van der Waals surface area (Å²) in [5.74, 6) is 3.17. The van der Waals surface area contributed by atoms with Crippen LogP contribution in [0.15, 0.2) is 0 Å². The van der Waals surface area contributed by atoms with Crippen LogP contribution < -0.4 is 0 Å². The van der Waals surface area contributed by atoms with Gasteiger partial charge in [0.1, 0.15) is 11.0 Å². The van der Waals surface area contributed by atoms with Crippen molar-refractivity contribution in [3.63, 3.8) is 0 Å². The van der Waals surface area contributed by atoms with Crippen LogP contribution in [0.4, 0.5) is 0 Å². The van der Waals surface area contributed by atoms with E-state index in [1.54, 1.807) is 0 Å². The van der Waals surface area contributed by atoms with E-state index in [4.69, 9.17) is 16.6 Å². The average Bonchev–Trinajstić information content (AvgIpc) is 2.41. The highest BCUT2D eigenvalue weighted by Crippen LogP contribution is 2.38. The van der Waals surface area contributed by atoms with Gasteiger partial charge in [-0.25, -0.2) is 9.97 Å². The van der Waals surface area contributed by atoms with Crippen LogP contribution in [-0.4, -0.2) is 9.97 Å². The highest BCUT2D eigenvalue weighted by molar-refractivity contribution is 6.30. The van der Waals surface area contributed by atoms with Crippen molar-refractivity contribution in [3.8, 4) is 0 Å². The third kappa shape index (κ3) is 3.28. The molecule has 1 aromatic heterocycles. The molecule has 3 heteroatoms. The van der Waals surface area contributed by atoms with E-state index >= 15 is 0 Å². The van der Waals surface area contributed by atoms with E-state index in [9.17, 15) is 0 Å². The molecule has 106 valence electrons. The number of hydrogen-bond donors (Lipinski definition) is 0. The Morgan fingerprint density at radius 3 is 2.32 bits per heavy atom. The molecule has 2 nitrogen and oxygen atoms in total. The number of halogens is 1. The number of aromatic nitrogens is 2. The summed E-state index contributed by atoms with van der Waals surface area (Å²) in [6, 6.07) is 0. The van der Waals surface area contributed by atoms with Gasteiger partial charge in [0.2, 0.25) is 0 Å². The highest BCUT2D eigenvalue weighted by Gasteiger charge is 2.26. The summed E-state index contributed by atoms with van der Waals surface area (Å²) in [5.41, 5.74) is 2.16. The fourth-order valence-electron chi connectivity index (χ4n) is 3.12. The van der Waals surface area contributed by atoms with Crippen LogP contribution in [0.1, 0.15) is 69.5 Å². The predicted molar refractivity (Wildman–Crippen MR) is 80.7 cm³/mol. The molecule has 19 heavy (non-hydrogen) atoms. The van der Waals surface area contributed by atoms with E-state index in [-0.39, 0.29) is 0 Å². The van der Waals surface area contributed by atoms with Gasteiger partial charge in [-0.2, -0.15) is 0 Å². The molecule has 1 aromatic rings. The summed E-state index contributed by atoms with van der Waals surface area (Å²) in [7, 11) is 0. The zero-order valence-electron chi connectivity index (χ0n) is 12.5. The van der Waals surface area contributed by atoms with Crippen LogP contribution in [0.5, 0.6) is 0 Å². The zero-order chi connectivity index (χ0) is 14.0. The van der Waals surface area contributed by atoms with Crippen LogP contribution in [-0.2, 0) is 6.42 Å². The highest BCUT2D eigenvalue weighted by atomic mass is 35.5. The molecule has 1 aliphatic rings. The molecular weight excluding hydrogens is 256 g/mol. The summed E-state index contributed by atoms with van der Waals surface area (Å²) in [6.07, 6.45) is 5.97. The standard InChI is InChI=1S/C16H25ClN2/c1-5-14-11(4)15(17)19-16(18-14)13-8-6-12(7-9-13)10(2)3/h10,12-13H,5-9H2,1-4H3. The molecule has 0 saturated heterocycles. The van der Waals surface area contributed by atoms with Crippen molar-refractivity contribution in [1.29, 1.82) is 0 Å². The van der Waals surface area contributed by atoms with Crippen molar-refractivity contribution in [2.75, 3.05) is 0 Å². The minimum absolute atomic E-state index is 0.512. The Hall–Kier alpha value is -0.630. The van der Waals surface area contributed by atoms with Crippen LogP contribution in [0.25, 0.3) is 0 Å². The second kappa shape index (κ2) is 6.21. The van der Waals surface area contributed by atoms with Gasteiger partial charge in [-0.1, -0.05) is 32.4 Å². The quantitative estimate of drug-likeness (QED) is 0.734. The first-order chi connectivity index (χ1) is 9.02. The van der Waals surface area contributed by atoms with Gasteiger partial charge in [-0.05, 0) is 50.9 Å². The number of hydrogen-bond acceptors (Lipinski definition) is 2. The maximum atomic E-state index is 6.24. The van der Waals surface area contributed by atoms with E-state index in [1.807, 2.05) is 6.92 Å². The van der Waals surface area contributed by atoms with Gasteiger partial charge >= 0.3 is 0 Å². The molecule has 0 atom stereocenters. The lowest BCUT2D eigenvalue weighted by molar-refractivity contribution is 0.254. The molecule has 0 aliphatic heterocycles. The molecule has 1 fully saturated rings. The van der Waals surface area contributed by atoms with Crippen molar-refractivity contribution in [2.45, 2.75) is 65.7 Å². The normalized spacial score (nSPS) is 23.9. The van der Waals surface area contributed by atoms with Crippen molar-refractivity contribution < 1.29 is 0 Å². The summed E-state index contributed by atoms with van der Waals surface area (Å²) >= 11 is 6.24. The van der Waals surface area contributed by atoms with Gasteiger partial charge in [0, 0.05) is 17.2 Å². The molecule has 2 rings (SSSR count). The van der Waals surface area contributed by atoms with E-state index in [0.29, 0.717) is 11.1 Å². The molecular formula is C16H25ClN2. The molecule has 0 bridgehead atoms. The first-order valence-electron chi connectivity index (χ1n) is 7.55. The van der Waals surface area contributed by atoms with Crippen LogP contribution >= 0.6 is 11.6 Å². The van der Waals surface area contributed by atoms with Crippen molar-refractivity contribution >= 4 is 11.6 Å².